The topological polar surface area (TPSA) is 39.4 Å². The minimum atomic E-state index is 0.500. The van der Waals surface area contributed by atoms with Gasteiger partial charge in [0, 0.05) is 0 Å². The molecule has 0 aromatic rings. The third-order valence-electron chi connectivity index (χ3n) is 2.68. The third-order valence-corrected chi connectivity index (χ3v) is 2.68. The predicted molar refractivity (Wildman–Crippen MR) is 51.5 cm³/mol. The van der Waals surface area contributed by atoms with Crippen molar-refractivity contribution in [2.24, 2.45) is 0 Å². The second-order valence-electron chi connectivity index (χ2n) is 2.70. The van der Waals surface area contributed by atoms with Crippen molar-refractivity contribution in [2.75, 3.05) is 26.2 Å². The molecule has 0 aliphatic heterocycles. The fraction of sp³-hybridized carbons (Fsp3) is 0.889. The monoisotopic (exact) mass is 172 g/mol. The molecule has 12 heavy (non-hydrogen) atoms. The summed E-state index contributed by atoms with van der Waals surface area (Å²) in [5.41, 5.74) is 0. The van der Waals surface area contributed by atoms with Crippen molar-refractivity contribution in [3.8, 4) is 0 Å². The Morgan fingerprint density at radius 2 is 1.17 bits per heavy atom. The van der Waals surface area contributed by atoms with Gasteiger partial charge in [-0.3, -0.25) is 4.79 Å². The number of quaternary nitrogens is 1. The van der Waals surface area contributed by atoms with Crippen LogP contribution >= 0.6 is 0 Å². The number of hydrogen-bond donors (Lipinski definition) is 0. The van der Waals surface area contributed by atoms with Gasteiger partial charge in [-0.15, -0.1) is 0 Å². The van der Waals surface area contributed by atoms with E-state index in [4.69, 9.17) is 10.2 Å². The van der Waals surface area contributed by atoms with E-state index in [2.05, 4.69) is 27.7 Å². The van der Waals surface area contributed by atoms with Gasteiger partial charge in [0.2, 0.25) is 0 Å². The largest absolute Gasteiger partial charge is 0.724 e. The van der Waals surface area contributed by atoms with Crippen LogP contribution in [0.4, 0.5) is 0 Å². The van der Waals surface area contributed by atoms with Crippen LogP contribution in [0.3, 0.4) is 0 Å². The molecular weight excluding hydrogens is 152 g/mol. The summed E-state index contributed by atoms with van der Waals surface area (Å²) in [6.45, 7) is 14.2. The molecule has 0 aromatic heterocycles. The van der Waals surface area contributed by atoms with Crippen LogP contribution < -0.4 is 0 Å². The highest BCUT2D eigenvalue weighted by Gasteiger charge is 2.16. The molecule has 0 saturated heterocycles. The molecule has 0 rings (SSSR count). The molecule has 0 fully saturated rings. The Morgan fingerprint density at radius 1 is 1.00 bits per heavy atom. The maximum absolute atomic E-state index is 8.24. The SMILES string of the molecule is CC[N+](CC)(CC)CC.[N-]=C=O. The molecular formula is C9H20N2O. The fourth-order valence-electron chi connectivity index (χ4n) is 1.34. The summed E-state index contributed by atoms with van der Waals surface area (Å²) in [7, 11) is 0. The molecule has 0 aliphatic carbocycles. The first kappa shape index (κ1) is 13.9. The van der Waals surface area contributed by atoms with E-state index >= 15 is 0 Å². The number of hydrogen-bond acceptors (Lipinski definition) is 1. The summed E-state index contributed by atoms with van der Waals surface area (Å²) in [6, 6.07) is 0. The summed E-state index contributed by atoms with van der Waals surface area (Å²) >= 11 is 0. The zero-order valence-electron chi connectivity index (χ0n) is 8.63. The molecule has 0 radical (unpaired) electrons. The number of isocyanates is 1. The Balaban J connectivity index is 0. The van der Waals surface area contributed by atoms with Crippen LogP contribution in [-0.4, -0.2) is 36.7 Å². The molecule has 0 heterocycles. The van der Waals surface area contributed by atoms with E-state index < -0.39 is 0 Å². The van der Waals surface area contributed by atoms with Gasteiger partial charge in [0.05, 0.1) is 26.2 Å². The number of rotatable bonds is 4. The Bertz CT molecular complexity index is 107. The van der Waals surface area contributed by atoms with E-state index in [9.17, 15) is 0 Å². The van der Waals surface area contributed by atoms with Gasteiger partial charge in [0.15, 0.2) is 0 Å². The van der Waals surface area contributed by atoms with Crippen LogP contribution in [0.5, 0.6) is 0 Å². The van der Waals surface area contributed by atoms with Crippen molar-refractivity contribution >= 4 is 6.08 Å². The third kappa shape index (κ3) is 5.05. The van der Waals surface area contributed by atoms with Gasteiger partial charge in [-0.2, -0.15) is 0 Å². The van der Waals surface area contributed by atoms with E-state index in [-0.39, 0.29) is 0 Å². The van der Waals surface area contributed by atoms with Crippen LogP contribution in [-0.2, 0) is 4.79 Å². The minimum absolute atomic E-state index is 0.500. The first-order valence-electron chi connectivity index (χ1n) is 4.52. The molecule has 0 saturated carbocycles. The van der Waals surface area contributed by atoms with Gasteiger partial charge in [-0.25, -0.2) is 0 Å². The van der Waals surface area contributed by atoms with Crippen LogP contribution in [0.25, 0.3) is 5.41 Å². The maximum atomic E-state index is 8.24. The molecule has 0 atom stereocenters. The molecule has 0 spiro atoms. The van der Waals surface area contributed by atoms with Crippen molar-refractivity contribution in [2.45, 2.75) is 27.7 Å². The van der Waals surface area contributed by atoms with Crippen molar-refractivity contribution in [3.63, 3.8) is 0 Å². The maximum Gasteiger partial charge on any atom is 0.0757 e. The summed E-state index contributed by atoms with van der Waals surface area (Å²) in [5, 5.41) is 6.76. The predicted octanol–water partition coefficient (Wildman–Crippen LogP) is 1.77. The highest BCUT2D eigenvalue weighted by Crippen LogP contribution is 2.03. The normalized spacial score (nSPS) is 9.67. The molecule has 0 aromatic carbocycles. The lowest BCUT2D eigenvalue weighted by molar-refractivity contribution is -0.921. The summed E-state index contributed by atoms with van der Waals surface area (Å²) in [6.07, 6.45) is 0.500. The van der Waals surface area contributed by atoms with Crippen molar-refractivity contribution in [1.82, 2.24) is 0 Å². The van der Waals surface area contributed by atoms with E-state index in [1.165, 1.54) is 30.7 Å². The molecule has 72 valence electrons. The molecule has 0 N–H and O–H groups in total. The van der Waals surface area contributed by atoms with Gasteiger partial charge >= 0.3 is 0 Å². The Labute approximate surface area is 75.5 Å². The lowest BCUT2D eigenvalue weighted by Crippen LogP contribution is -2.47. The molecule has 3 heteroatoms. The quantitative estimate of drug-likeness (QED) is 0.362. The zero-order chi connectivity index (χ0) is 10.0. The Morgan fingerprint density at radius 3 is 1.17 bits per heavy atom. The van der Waals surface area contributed by atoms with Crippen molar-refractivity contribution in [3.05, 3.63) is 5.41 Å². The van der Waals surface area contributed by atoms with Crippen LogP contribution in [0.1, 0.15) is 27.7 Å². The van der Waals surface area contributed by atoms with Crippen molar-refractivity contribution < 1.29 is 9.28 Å². The van der Waals surface area contributed by atoms with E-state index in [1.54, 1.807) is 0 Å². The van der Waals surface area contributed by atoms with Gasteiger partial charge in [0.1, 0.15) is 0 Å². The van der Waals surface area contributed by atoms with Gasteiger partial charge in [0.25, 0.3) is 0 Å². The van der Waals surface area contributed by atoms with Crippen LogP contribution in [0, 0.1) is 0 Å². The lowest BCUT2D eigenvalue weighted by atomic mass is 10.3. The van der Waals surface area contributed by atoms with Crippen LogP contribution in [0.15, 0.2) is 0 Å². The van der Waals surface area contributed by atoms with Gasteiger partial charge < -0.3 is 9.89 Å². The zero-order valence-corrected chi connectivity index (χ0v) is 8.63. The van der Waals surface area contributed by atoms with Gasteiger partial charge in [-0.1, -0.05) is 0 Å². The van der Waals surface area contributed by atoms with E-state index in [0.29, 0.717) is 6.08 Å². The molecule has 3 nitrogen and oxygen atoms in total. The summed E-state index contributed by atoms with van der Waals surface area (Å²) < 4.78 is 1.28. The average molecular weight is 172 g/mol. The second-order valence-corrected chi connectivity index (χ2v) is 2.70. The van der Waals surface area contributed by atoms with Crippen LogP contribution in [0.2, 0.25) is 0 Å². The standard InChI is InChI=1S/C8H20N.CNO/c1-5-9(6-2,7-3)8-4;2-1-3/h5-8H2,1-4H3;/q+1;-1. The molecule has 0 unspecified atom stereocenters. The minimum Gasteiger partial charge on any atom is -0.724 e. The lowest BCUT2D eigenvalue weighted by Gasteiger charge is -2.34. The van der Waals surface area contributed by atoms with E-state index in [1.807, 2.05) is 0 Å². The first-order valence-corrected chi connectivity index (χ1v) is 4.52. The molecule has 0 aliphatic rings. The highest BCUT2D eigenvalue weighted by molar-refractivity contribution is 5.36. The molecule has 0 bridgehead atoms. The Kier molecular flexibility index (Phi) is 9.77. The number of carbonyl (C=O) groups excluding carboxylic acids is 1. The smallest absolute Gasteiger partial charge is 0.0757 e. The molecule has 0 amide bonds. The van der Waals surface area contributed by atoms with E-state index in [0.717, 1.165) is 0 Å². The fourth-order valence-corrected chi connectivity index (χ4v) is 1.34. The second kappa shape index (κ2) is 8.44. The first-order chi connectivity index (χ1) is 5.66. The summed E-state index contributed by atoms with van der Waals surface area (Å²) in [5.74, 6) is 0. The highest BCUT2D eigenvalue weighted by atomic mass is 16.1. The summed E-state index contributed by atoms with van der Waals surface area (Å²) in [4.78, 5) is 8.24. The van der Waals surface area contributed by atoms with Gasteiger partial charge in [-0.05, 0) is 33.8 Å². The number of nitrogens with zero attached hydrogens (tertiary/aromatic N) is 2. The van der Waals surface area contributed by atoms with Crippen molar-refractivity contribution in [1.29, 1.82) is 0 Å². The Hall–Kier alpha value is -0.660. The average Bonchev–Trinajstić information content (AvgIpc) is 2.11.